The van der Waals surface area contributed by atoms with Crippen LogP contribution in [0.4, 0.5) is 0 Å². The van der Waals surface area contributed by atoms with Crippen molar-refractivity contribution in [3.63, 3.8) is 0 Å². The van der Waals surface area contributed by atoms with Gasteiger partial charge in [-0.3, -0.25) is 4.79 Å². The van der Waals surface area contributed by atoms with Crippen LogP contribution in [-0.2, 0) is 11.2 Å². The van der Waals surface area contributed by atoms with E-state index >= 15 is 0 Å². The molecule has 0 aliphatic rings. The lowest BCUT2D eigenvalue weighted by Crippen LogP contribution is -2.32. The fraction of sp³-hybridized carbons (Fsp3) is 0.588. The zero-order chi connectivity index (χ0) is 15.1. The summed E-state index contributed by atoms with van der Waals surface area (Å²) in [6, 6.07) is 8.66. The Morgan fingerprint density at radius 2 is 1.80 bits per heavy atom. The first-order valence-electron chi connectivity index (χ1n) is 7.57. The molecule has 0 saturated heterocycles. The van der Waals surface area contributed by atoms with Gasteiger partial charge in [0.25, 0.3) is 0 Å². The Morgan fingerprint density at radius 3 is 2.25 bits per heavy atom. The minimum atomic E-state index is 0.0708. The van der Waals surface area contributed by atoms with Gasteiger partial charge < -0.3 is 11.1 Å². The average molecular weight is 276 g/mol. The summed E-state index contributed by atoms with van der Waals surface area (Å²) in [6.07, 6.45) is 2.26. The second-order valence-corrected chi connectivity index (χ2v) is 5.90. The zero-order valence-corrected chi connectivity index (χ0v) is 13.1. The van der Waals surface area contributed by atoms with Crippen LogP contribution in [0.2, 0.25) is 0 Å². The number of nitrogens with one attached hydrogen (secondary N) is 1. The Morgan fingerprint density at radius 1 is 1.20 bits per heavy atom. The van der Waals surface area contributed by atoms with Crippen LogP contribution in [0.15, 0.2) is 24.3 Å². The standard InChI is InChI=1S/C17H28N2O/c1-5-14-7-9-15(10-8-14)17(12(2)3)19-16(20)11-6-13(4)18/h7-10,12-13,17H,5-6,11,18H2,1-4H3,(H,19,20). The maximum atomic E-state index is 12.0. The molecular weight excluding hydrogens is 248 g/mol. The van der Waals surface area contributed by atoms with Gasteiger partial charge in [0.05, 0.1) is 6.04 Å². The number of carbonyl (C=O) groups is 1. The van der Waals surface area contributed by atoms with Crippen molar-refractivity contribution in [1.29, 1.82) is 0 Å². The first-order chi connectivity index (χ1) is 9.43. The lowest BCUT2D eigenvalue weighted by molar-refractivity contribution is -0.122. The van der Waals surface area contributed by atoms with Crippen molar-refractivity contribution < 1.29 is 4.79 Å². The number of nitrogens with two attached hydrogens (primary N) is 1. The minimum Gasteiger partial charge on any atom is -0.349 e. The van der Waals surface area contributed by atoms with Gasteiger partial charge in [-0.1, -0.05) is 45.0 Å². The Labute approximate surface area is 122 Å². The van der Waals surface area contributed by atoms with Crippen LogP contribution in [0.3, 0.4) is 0 Å². The van der Waals surface area contributed by atoms with E-state index in [1.807, 2.05) is 6.92 Å². The van der Waals surface area contributed by atoms with Crippen LogP contribution < -0.4 is 11.1 Å². The Hall–Kier alpha value is -1.35. The van der Waals surface area contributed by atoms with Crippen LogP contribution in [0.1, 0.15) is 57.7 Å². The van der Waals surface area contributed by atoms with Gasteiger partial charge in [0.15, 0.2) is 0 Å². The first-order valence-corrected chi connectivity index (χ1v) is 7.57. The molecule has 0 aliphatic carbocycles. The Kier molecular flexibility index (Phi) is 6.73. The van der Waals surface area contributed by atoms with E-state index in [9.17, 15) is 4.79 Å². The molecular formula is C17H28N2O. The highest BCUT2D eigenvalue weighted by atomic mass is 16.1. The van der Waals surface area contributed by atoms with Gasteiger partial charge in [-0.15, -0.1) is 0 Å². The minimum absolute atomic E-state index is 0.0708. The maximum Gasteiger partial charge on any atom is 0.220 e. The van der Waals surface area contributed by atoms with E-state index in [1.54, 1.807) is 0 Å². The summed E-state index contributed by atoms with van der Waals surface area (Å²) in [5, 5.41) is 3.13. The molecule has 2 unspecified atom stereocenters. The molecule has 3 nitrogen and oxygen atoms in total. The molecule has 0 radical (unpaired) electrons. The summed E-state index contributed by atoms with van der Waals surface area (Å²) in [5.41, 5.74) is 8.19. The van der Waals surface area contributed by atoms with Gasteiger partial charge >= 0.3 is 0 Å². The van der Waals surface area contributed by atoms with Crippen molar-refractivity contribution in [2.24, 2.45) is 11.7 Å². The molecule has 1 aromatic carbocycles. The largest absolute Gasteiger partial charge is 0.349 e. The van der Waals surface area contributed by atoms with E-state index in [0.717, 1.165) is 12.8 Å². The van der Waals surface area contributed by atoms with Gasteiger partial charge in [0, 0.05) is 12.5 Å². The lowest BCUT2D eigenvalue weighted by atomic mass is 9.94. The van der Waals surface area contributed by atoms with Crippen LogP contribution in [-0.4, -0.2) is 11.9 Å². The summed E-state index contributed by atoms with van der Waals surface area (Å²) in [7, 11) is 0. The molecule has 0 aliphatic heterocycles. The summed E-state index contributed by atoms with van der Waals surface area (Å²) in [4.78, 5) is 12.0. The monoisotopic (exact) mass is 276 g/mol. The summed E-state index contributed by atoms with van der Waals surface area (Å²) < 4.78 is 0. The summed E-state index contributed by atoms with van der Waals surface area (Å²) >= 11 is 0. The molecule has 0 aromatic heterocycles. The first kappa shape index (κ1) is 16.7. The Balaban J connectivity index is 2.70. The van der Waals surface area contributed by atoms with Gasteiger partial charge in [-0.25, -0.2) is 0 Å². The van der Waals surface area contributed by atoms with E-state index in [-0.39, 0.29) is 18.0 Å². The second kappa shape index (κ2) is 8.05. The fourth-order valence-electron chi connectivity index (χ4n) is 2.20. The number of benzene rings is 1. The molecule has 1 rings (SSSR count). The smallest absolute Gasteiger partial charge is 0.220 e. The van der Waals surface area contributed by atoms with Crippen LogP contribution in [0.25, 0.3) is 0 Å². The third-order valence-corrected chi connectivity index (χ3v) is 3.56. The van der Waals surface area contributed by atoms with Crippen LogP contribution in [0, 0.1) is 5.92 Å². The van der Waals surface area contributed by atoms with Crippen molar-refractivity contribution in [2.75, 3.05) is 0 Å². The van der Waals surface area contributed by atoms with Gasteiger partial charge in [0.2, 0.25) is 5.91 Å². The molecule has 0 heterocycles. The number of carbonyl (C=O) groups excluding carboxylic acids is 1. The van der Waals surface area contributed by atoms with Crippen LogP contribution >= 0.6 is 0 Å². The van der Waals surface area contributed by atoms with Gasteiger partial charge in [-0.05, 0) is 36.8 Å². The molecule has 3 N–H and O–H groups in total. The molecule has 1 amide bonds. The van der Waals surface area contributed by atoms with Crippen molar-refractivity contribution >= 4 is 5.91 Å². The van der Waals surface area contributed by atoms with Crippen molar-refractivity contribution in [3.8, 4) is 0 Å². The molecule has 0 bridgehead atoms. The SMILES string of the molecule is CCc1ccc(C(NC(=O)CCC(C)N)C(C)C)cc1. The van der Waals surface area contributed by atoms with E-state index in [1.165, 1.54) is 11.1 Å². The van der Waals surface area contributed by atoms with Crippen molar-refractivity contribution in [1.82, 2.24) is 5.32 Å². The van der Waals surface area contributed by atoms with Crippen LogP contribution in [0.5, 0.6) is 0 Å². The topological polar surface area (TPSA) is 55.1 Å². The zero-order valence-electron chi connectivity index (χ0n) is 13.1. The third kappa shape index (κ3) is 5.33. The normalized spacial score (nSPS) is 14.1. The number of amides is 1. The average Bonchev–Trinajstić information content (AvgIpc) is 2.42. The molecule has 3 heteroatoms. The number of rotatable bonds is 7. The second-order valence-electron chi connectivity index (χ2n) is 5.90. The highest BCUT2D eigenvalue weighted by Crippen LogP contribution is 2.22. The molecule has 2 atom stereocenters. The van der Waals surface area contributed by atoms with E-state index in [4.69, 9.17) is 5.73 Å². The summed E-state index contributed by atoms with van der Waals surface area (Å²) in [5.74, 6) is 0.447. The van der Waals surface area contributed by atoms with Crippen molar-refractivity contribution in [2.45, 2.75) is 59.0 Å². The third-order valence-electron chi connectivity index (χ3n) is 3.56. The van der Waals surface area contributed by atoms with E-state index in [2.05, 4.69) is 50.4 Å². The van der Waals surface area contributed by atoms with Gasteiger partial charge in [0.1, 0.15) is 0 Å². The molecule has 0 saturated carbocycles. The van der Waals surface area contributed by atoms with Crippen molar-refractivity contribution in [3.05, 3.63) is 35.4 Å². The molecule has 0 spiro atoms. The highest BCUT2D eigenvalue weighted by Gasteiger charge is 2.18. The quantitative estimate of drug-likeness (QED) is 0.803. The number of hydrogen-bond donors (Lipinski definition) is 2. The fourth-order valence-corrected chi connectivity index (χ4v) is 2.20. The van der Waals surface area contributed by atoms with Gasteiger partial charge in [-0.2, -0.15) is 0 Å². The molecule has 0 fully saturated rings. The molecule has 112 valence electrons. The highest BCUT2D eigenvalue weighted by molar-refractivity contribution is 5.76. The van der Waals surface area contributed by atoms with E-state index in [0.29, 0.717) is 12.3 Å². The lowest BCUT2D eigenvalue weighted by Gasteiger charge is -2.23. The number of aryl methyl sites for hydroxylation is 1. The number of hydrogen-bond acceptors (Lipinski definition) is 2. The maximum absolute atomic E-state index is 12.0. The van der Waals surface area contributed by atoms with E-state index < -0.39 is 0 Å². The Bertz CT molecular complexity index is 410. The molecule has 1 aromatic rings. The predicted molar refractivity (Wildman–Crippen MR) is 84.4 cm³/mol. The molecule has 20 heavy (non-hydrogen) atoms. The predicted octanol–water partition coefficient (Wildman–Crippen LogP) is 3.19. The summed E-state index contributed by atoms with van der Waals surface area (Å²) in [6.45, 7) is 8.33.